The molecular formula is C16H18N8OS. The Kier molecular flexibility index (Phi) is 3.83. The smallest absolute Gasteiger partial charge is 0.279 e. The molecule has 1 aliphatic heterocycles. The van der Waals surface area contributed by atoms with Gasteiger partial charge in [-0.25, -0.2) is 9.97 Å². The van der Waals surface area contributed by atoms with Crippen LogP contribution in [0.3, 0.4) is 0 Å². The second-order valence-corrected chi connectivity index (χ2v) is 7.11. The summed E-state index contributed by atoms with van der Waals surface area (Å²) < 4.78 is 1.70. The third-order valence-electron chi connectivity index (χ3n) is 4.11. The van der Waals surface area contributed by atoms with Crippen molar-refractivity contribution < 1.29 is 4.79 Å². The molecule has 0 aliphatic carbocycles. The molecule has 10 heteroatoms. The van der Waals surface area contributed by atoms with E-state index in [0.717, 1.165) is 15.7 Å². The molecule has 4 rings (SSSR count). The van der Waals surface area contributed by atoms with E-state index in [2.05, 4.69) is 25.4 Å². The Hall–Kier alpha value is -3.01. The second kappa shape index (κ2) is 6.06. The van der Waals surface area contributed by atoms with Crippen LogP contribution in [0.1, 0.15) is 22.4 Å². The molecule has 0 spiro atoms. The van der Waals surface area contributed by atoms with Gasteiger partial charge < -0.3 is 15.1 Å². The minimum Gasteiger partial charge on any atom is -0.321 e. The van der Waals surface area contributed by atoms with E-state index < -0.39 is 0 Å². The summed E-state index contributed by atoms with van der Waals surface area (Å²) in [7, 11) is 3.56. The highest BCUT2D eigenvalue weighted by atomic mass is 32.1. The summed E-state index contributed by atoms with van der Waals surface area (Å²) in [5, 5.41) is 8.94. The van der Waals surface area contributed by atoms with E-state index in [4.69, 9.17) is 0 Å². The van der Waals surface area contributed by atoms with Crippen LogP contribution in [-0.2, 0) is 7.05 Å². The molecule has 9 nitrogen and oxygen atoms in total. The highest BCUT2D eigenvalue weighted by molar-refractivity contribution is 7.16. The molecule has 1 amide bonds. The minimum atomic E-state index is -0.155. The van der Waals surface area contributed by atoms with Gasteiger partial charge in [-0.2, -0.15) is 10.1 Å². The van der Waals surface area contributed by atoms with Crippen molar-refractivity contribution in [3.63, 3.8) is 0 Å². The van der Waals surface area contributed by atoms with Crippen molar-refractivity contribution in [2.24, 2.45) is 7.05 Å². The van der Waals surface area contributed by atoms with Crippen LogP contribution in [0, 0.1) is 6.92 Å². The molecule has 0 saturated heterocycles. The van der Waals surface area contributed by atoms with Crippen molar-refractivity contribution in [1.82, 2.24) is 24.7 Å². The van der Waals surface area contributed by atoms with Crippen molar-refractivity contribution in [2.75, 3.05) is 28.7 Å². The molecule has 1 aliphatic rings. The fourth-order valence-electron chi connectivity index (χ4n) is 2.87. The quantitative estimate of drug-likeness (QED) is 0.757. The molecule has 0 radical (unpaired) electrons. The lowest BCUT2D eigenvalue weighted by atomic mass is 10.4. The van der Waals surface area contributed by atoms with Gasteiger partial charge in [0.25, 0.3) is 5.91 Å². The summed E-state index contributed by atoms with van der Waals surface area (Å²) in [6, 6.07) is 0. The third-order valence-corrected chi connectivity index (χ3v) is 5.11. The van der Waals surface area contributed by atoms with E-state index in [1.54, 1.807) is 29.0 Å². The van der Waals surface area contributed by atoms with Gasteiger partial charge in [-0.1, -0.05) is 0 Å². The second-order valence-electron chi connectivity index (χ2n) is 5.93. The maximum atomic E-state index is 12.8. The van der Waals surface area contributed by atoms with Gasteiger partial charge in [0.15, 0.2) is 11.5 Å². The topological polar surface area (TPSA) is 92.1 Å². The van der Waals surface area contributed by atoms with Crippen LogP contribution >= 0.6 is 11.3 Å². The SMILES string of the molecule is CCN1c2nc(Nc3cnn(C)c3)ncc2N(C)C(=O)c2nc(C)sc21. The fourth-order valence-corrected chi connectivity index (χ4v) is 3.85. The zero-order valence-corrected chi connectivity index (χ0v) is 15.7. The molecule has 0 aromatic carbocycles. The lowest BCUT2D eigenvalue weighted by molar-refractivity contribution is 0.0990. The van der Waals surface area contributed by atoms with E-state index in [9.17, 15) is 4.79 Å². The Morgan fingerprint density at radius 3 is 2.73 bits per heavy atom. The van der Waals surface area contributed by atoms with Crippen LogP contribution in [0.4, 0.5) is 28.1 Å². The average molecular weight is 370 g/mol. The fraction of sp³-hybridized carbons (Fsp3) is 0.312. The standard InChI is InChI=1S/C16H18N8OS/c1-5-24-13-11(23(4)14(25)12-15(24)26-9(2)19-12)7-17-16(21-13)20-10-6-18-22(3)8-10/h6-8H,5H2,1-4H3,(H,17,20,21). The van der Waals surface area contributed by atoms with Crippen molar-refractivity contribution in [3.05, 3.63) is 29.3 Å². The van der Waals surface area contributed by atoms with Crippen LogP contribution in [0.2, 0.25) is 0 Å². The molecule has 1 N–H and O–H groups in total. The summed E-state index contributed by atoms with van der Waals surface area (Å²) in [6.45, 7) is 4.58. The van der Waals surface area contributed by atoms with Crippen LogP contribution in [0.5, 0.6) is 0 Å². The van der Waals surface area contributed by atoms with E-state index in [1.807, 2.05) is 32.0 Å². The van der Waals surface area contributed by atoms with Gasteiger partial charge in [-0.15, -0.1) is 11.3 Å². The molecule has 4 heterocycles. The van der Waals surface area contributed by atoms with Crippen LogP contribution in [0.25, 0.3) is 0 Å². The Morgan fingerprint density at radius 1 is 1.23 bits per heavy atom. The monoisotopic (exact) mass is 370 g/mol. The molecule has 3 aromatic rings. The molecule has 134 valence electrons. The molecule has 26 heavy (non-hydrogen) atoms. The first kappa shape index (κ1) is 16.5. The predicted molar refractivity (Wildman–Crippen MR) is 101 cm³/mol. The zero-order chi connectivity index (χ0) is 18.4. The van der Waals surface area contributed by atoms with Gasteiger partial charge in [-0.05, 0) is 13.8 Å². The van der Waals surface area contributed by atoms with E-state index >= 15 is 0 Å². The summed E-state index contributed by atoms with van der Waals surface area (Å²) in [4.78, 5) is 29.8. The van der Waals surface area contributed by atoms with Crippen LogP contribution < -0.4 is 15.1 Å². The van der Waals surface area contributed by atoms with E-state index in [0.29, 0.717) is 29.7 Å². The molecule has 3 aromatic heterocycles. The largest absolute Gasteiger partial charge is 0.321 e. The Morgan fingerprint density at radius 2 is 2.04 bits per heavy atom. The van der Waals surface area contributed by atoms with E-state index in [1.165, 1.54) is 11.3 Å². The number of aromatic nitrogens is 5. The number of amides is 1. The lowest BCUT2D eigenvalue weighted by Crippen LogP contribution is -2.26. The first-order valence-electron chi connectivity index (χ1n) is 8.13. The highest BCUT2D eigenvalue weighted by Crippen LogP contribution is 2.41. The van der Waals surface area contributed by atoms with E-state index in [-0.39, 0.29) is 5.91 Å². The predicted octanol–water partition coefficient (Wildman–Crippen LogP) is 2.47. The number of hydrogen-bond donors (Lipinski definition) is 1. The number of nitrogens with zero attached hydrogens (tertiary/aromatic N) is 7. The van der Waals surface area contributed by atoms with Gasteiger partial charge in [0.05, 0.1) is 23.1 Å². The van der Waals surface area contributed by atoms with Crippen molar-refractivity contribution in [2.45, 2.75) is 13.8 Å². The van der Waals surface area contributed by atoms with Crippen LogP contribution in [-0.4, -0.2) is 44.2 Å². The van der Waals surface area contributed by atoms with Gasteiger partial charge in [0.1, 0.15) is 10.7 Å². The van der Waals surface area contributed by atoms with Gasteiger partial charge >= 0.3 is 0 Å². The number of carbonyl (C=O) groups is 1. The summed E-state index contributed by atoms with van der Waals surface area (Å²) in [6.07, 6.45) is 5.20. The number of fused-ring (bicyclic) bond motifs is 2. The number of carbonyl (C=O) groups excluding carboxylic acids is 1. The molecule has 0 fully saturated rings. The number of rotatable bonds is 3. The third kappa shape index (κ3) is 2.58. The number of aryl methyl sites for hydroxylation is 2. The number of anilines is 5. The van der Waals surface area contributed by atoms with Gasteiger partial charge in [0, 0.05) is 26.8 Å². The van der Waals surface area contributed by atoms with Crippen molar-refractivity contribution >= 4 is 45.4 Å². The van der Waals surface area contributed by atoms with Gasteiger partial charge in [0.2, 0.25) is 5.95 Å². The molecular weight excluding hydrogens is 352 g/mol. The molecule has 0 unspecified atom stereocenters. The Labute approximate surface area is 154 Å². The highest BCUT2D eigenvalue weighted by Gasteiger charge is 2.33. The van der Waals surface area contributed by atoms with Crippen LogP contribution in [0.15, 0.2) is 18.6 Å². The maximum absolute atomic E-state index is 12.8. The molecule has 0 atom stereocenters. The molecule has 0 bridgehead atoms. The zero-order valence-electron chi connectivity index (χ0n) is 14.9. The normalized spacial score (nSPS) is 13.5. The summed E-state index contributed by atoms with van der Waals surface area (Å²) in [5.74, 6) is 0.964. The van der Waals surface area contributed by atoms with Crippen molar-refractivity contribution in [3.8, 4) is 0 Å². The minimum absolute atomic E-state index is 0.155. The Bertz CT molecular complexity index is 994. The summed E-state index contributed by atoms with van der Waals surface area (Å²) in [5.41, 5.74) is 1.90. The number of hydrogen-bond acceptors (Lipinski definition) is 8. The molecule has 0 saturated carbocycles. The first-order valence-corrected chi connectivity index (χ1v) is 8.95. The number of thiazole rings is 1. The lowest BCUT2D eigenvalue weighted by Gasteiger charge is -2.22. The van der Waals surface area contributed by atoms with Gasteiger partial charge in [-0.3, -0.25) is 9.48 Å². The number of nitrogens with one attached hydrogen (secondary N) is 1. The average Bonchev–Trinajstić information content (AvgIpc) is 3.18. The maximum Gasteiger partial charge on any atom is 0.279 e. The summed E-state index contributed by atoms with van der Waals surface area (Å²) >= 11 is 1.49. The first-order chi connectivity index (χ1) is 12.5. The Balaban J connectivity index is 1.82. The van der Waals surface area contributed by atoms with Crippen molar-refractivity contribution in [1.29, 1.82) is 0 Å².